The molecule has 1 aromatic heterocycles. The Labute approximate surface area is 223 Å². The fraction of sp³-hybridized carbons (Fsp3) is 0.185. The molecule has 0 saturated heterocycles. The molecule has 1 atom stereocenters. The van der Waals surface area contributed by atoms with Crippen molar-refractivity contribution < 1.29 is 14.3 Å². The Bertz CT molecular complexity index is 1440. The second-order valence-electron chi connectivity index (χ2n) is 8.38. The van der Waals surface area contributed by atoms with Gasteiger partial charge in [0.05, 0.1) is 36.0 Å². The molecular formula is C27H22Cl3N3O3. The van der Waals surface area contributed by atoms with Crippen LogP contribution in [0.25, 0.3) is 11.3 Å². The molecule has 184 valence electrons. The van der Waals surface area contributed by atoms with Crippen molar-refractivity contribution in [2.24, 2.45) is 0 Å². The van der Waals surface area contributed by atoms with Crippen LogP contribution in [0.3, 0.4) is 0 Å². The molecule has 1 unspecified atom stereocenters. The first-order chi connectivity index (χ1) is 17.4. The number of H-pyrrole nitrogens is 1. The largest absolute Gasteiger partial charge is 0.493 e. The Morgan fingerprint density at radius 2 is 1.67 bits per heavy atom. The number of aromatic nitrogens is 2. The van der Waals surface area contributed by atoms with Crippen LogP contribution in [-0.4, -0.2) is 41.8 Å². The summed E-state index contributed by atoms with van der Waals surface area (Å²) in [5.41, 5.74) is 4.67. The summed E-state index contributed by atoms with van der Waals surface area (Å²) in [7, 11) is 3.20. The topological polar surface area (TPSA) is 67.5 Å². The van der Waals surface area contributed by atoms with Gasteiger partial charge in [0.2, 0.25) is 0 Å². The van der Waals surface area contributed by atoms with Crippen molar-refractivity contribution in [2.45, 2.75) is 12.5 Å². The number of hydrogen-bond donors (Lipinski definition) is 1. The lowest BCUT2D eigenvalue weighted by Crippen LogP contribution is -2.31. The highest BCUT2D eigenvalue weighted by molar-refractivity contribution is 6.42. The summed E-state index contributed by atoms with van der Waals surface area (Å²) in [6.45, 7) is 0.460. The minimum Gasteiger partial charge on any atom is -0.493 e. The summed E-state index contributed by atoms with van der Waals surface area (Å²) in [4.78, 5) is 15.4. The van der Waals surface area contributed by atoms with E-state index in [2.05, 4.69) is 10.2 Å². The van der Waals surface area contributed by atoms with E-state index in [0.29, 0.717) is 50.9 Å². The Hall–Kier alpha value is -3.19. The molecule has 0 bridgehead atoms. The average molecular weight is 543 g/mol. The van der Waals surface area contributed by atoms with Gasteiger partial charge in [-0.25, -0.2) is 0 Å². The predicted molar refractivity (Wildman–Crippen MR) is 142 cm³/mol. The van der Waals surface area contributed by atoms with Gasteiger partial charge in [0, 0.05) is 22.7 Å². The van der Waals surface area contributed by atoms with Crippen molar-refractivity contribution in [3.05, 3.63) is 98.1 Å². The molecule has 6 nitrogen and oxygen atoms in total. The van der Waals surface area contributed by atoms with Gasteiger partial charge in [-0.15, -0.1) is 0 Å². The van der Waals surface area contributed by atoms with Crippen LogP contribution >= 0.6 is 34.8 Å². The molecule has 0 spiro atoms. The molecule has 4 aromatic rings. The second-order valence-corrected chi connectivity index (χ2v) is 9.63. The van der Waals surface area contributed by atoms with E-state index in [1.807, 2.05) is 41.3 Å². The van der Waals surface area contributed by atoms with Crippen LogP contribution in [0.15, 0.2) is 60.7 Å². The van der Waals surface area contributed by atoms with Crippen LogP contribution in [-0.2, 0) is 6.42 Å². The van der Waals surface area contributed by atoms with Gasteiger partial charge in [0.25, 0.3) is 5.91 Å². The predicted octanol–water partition coefficient (Wildman–Crippen LogP) is 6.84. The average Bonchev–Trinajstić information content (AvgIpc) is 3.43. The summed E-state index contributed by atoms with van der Waals surface area (Å²) in [6, 6.07) is 18.2. The SMILES string of the molecule is COc1ccc(CCN2C(=O)c3[nH]nc(-c4ccc(Cl)cc4)c3C2c2ccc(Cl)c(Cl)c2)cc1OC. The summed E-state index contributed by atoms with van der Waals surface area (Å²) < 4.78 is 10.8. The molecule has 3 aromatic carbocycles. The lowest BCUT2D eigenvalue weighted by Gasteiger charge is -2.27. The van der Waals surface area contributed by atoms with Crippen molar-refractivity contribution >= 4 is 40.7 Å². The fourth-order valence-electron chi connectivity index (χ4n) is 4.57. The van der Waals surface area contributed by atoms with Gasteiger partial charge in [-0.2, -0.15) is 5.10 Å². The third-order valence-corrected chi connectivity index (χ3v) is 7.32. The maximum absolute atomic E-state index is 13.6. The third kappa shape index (κ3) is 4.41. The monoisotopic (exact) mass is 541 g/mol. The summed E-state index contributed by atoms with van der Waals surface area (Å²) in [6.07, 6.45) is 0.609. The highest BCUT2D eigenvalue weighted by Gasteiger charge is 2.42. The van der Waals surface area contributed by atoms with E-state index in [4.69, 9.17) is 44.3 Å². The standard InChI is InChI=1S/C27H22Cl3N3O3/c1-35-21-10-3-15(13-22(21)36-2)11-12-33-26(17-6-9-19(29)20(30)14-17)23-24(31-32-25(23)27(33)34)16-4-7-18(28)8-5-16/h3-10,13-14,26H,11-12H2,1-2H3,(H,31,32). The Morgan fingerprint density at radius 3 is 2.36 bits per heavy atom. The minimum absolute atomic E-state index is 0.130. The van der Waals surface area contributed by atoms with E-state index < -0.39 is 6.04 Å². The minimum atomic E-state index is -0.396. The van der Waals surface area contributed by atoms with Crippen LogP contribution in [0.2, 0.25) is 15.1 Å². The van der Waals surface area contributed by atoms with Gasteiger partial charge in [-0.05, 0) is 53.9 Å². The van der Waals surface area contributed by atoms with E-state index in [1.165, 1.54) is 0 Å². The third-order valence-electron chi connectivity index (χ3n) is 6.33. The van der Waals surface area contributed by atoms with E-state index in [0.717, 1.165) is 22.3 Å². The highest BCUT2D eigenvalue weighted by Crippen LogP contribution is 2.44. The van der Waals surface area contributed by atoms with Crippen LogP contribution < -0.4 is 9.47 Å². The van der Waals surface area contributed by atoms with E-state index in [-0.39, 0.29) is 5.91 Å². The van der Waals surface area contributed by atoms with Crippen molar-refractivity contribution in [1.82, 2.24) is 15.1 Å². The fourth-order valence-corrected chi connectivity index (χ4v) is 5.00. The van der Waals surface area contributed by atoms with Crippen LogP contribution in [0.5, 0.6) is 11.5 Å². The van der Waals surface area contributed by atoms with Gasteiger partial charge >= 0.3 is 0 Å². The Kier molecular flexibility index (Phi) is 6.84. The molecule has 1 aliphatic rings. The number of nitrogens with zero attached hydrogens (tertiary/aromatic N) is 2. The molecule has 9 heteroatoms. The molecule has 2 heterocycles. The number of aromatic amines is 1. The second kappa shape index (κ2) is 10.1. The number of rotatable bonds is 7. The van der Waals surface area contributed by atoms with Crippen molar-refractivity contribution in [1.29, 1.82) is 0 Å². The summed E-state index contributed by atoms with van der Waals surface area (Å²) >= 11 is 18.7. The number of amides is 1. The van der Waals surface area contributed by atoms with Crippen LogP contribution in [0.1, 0.15) is 33.2 Å². The van der Waals surface area contributed by atoms with Crippen molar-refractivity contribution in [3.63, 3.8) is 0 Å². The Morgan fingerprint density at radius 1 is 0.917 bits per heavy atom. The van der Waals surface area contributed by atoms with E-state index >= 15 is 0 Å². The zero-order chi connectivity index (χ0) is 25.4. The first kappa shape index (κ1) is 24.5. The van der Waals surface area contributed by atoms with Gasteiger partial charge in [0.1, 0.15) is 5.69 Å². The first-order valence-corrected chi connectivity index (χ1v) is 12.4. The molecule has 0 saturated carbocycles. The summed E-state index contributed by atoms with van der Waals surface area (Å²) in [5.74, 6) is 1.17. The molecule has 0 fully saturated rings. The van der Waals surface area contributed by atoms with Gasteiger partial charge in [-0.3, -0.25) is 9.89 Å². The molecule has 1 aliphatic heterocycles. The van der Waals surface area contributed by atoms with Crippen molar-refractivity contribution in [3.8, 4) is 22.8 Å². The summed E-state index contributed by atoms with van der Waals surface area (Å²) in [5, 5.41) is 8.96. The normalized spacial score (nSPS) is 14.8. The Balaban J connectivity index is 1.54. The van der Waals surface area contributed by atoms with Crippen LogP contribution in [0.4, 0.5) is 0 Å². The number of carbonyl (C=O) groups is 1. The maximum Gasteiger partial charge on any atom is 0.273 e. The molecule has 0 radical (unpaired) electrons. The molecule has 36 heavy (non-hydrogen) atoms. The van der Waals surface area contributed by atoms with Gasteiger partial charge < -0.3 is 14.4 Å². The van der Waals surface area contributed by atoms with Gasteiger partial charge in [-0.1, -0.05) is 59.1 Å². The van der Waals surface area contributed by atoms with E-state index in [9.17, 15) is 4.79 Å². The number of methoxy groups -OCH3 is 2. The number of hydrogen-bond acceptors (Lipinski definition) is 4. The molecule has 5 rings (SSSR count). The highest BCUT2D eigenvalue weighted by atomic mass is 35.5. The van der Waals surface area contributed by atoms with Gasteiger partial charge in [0.15, 0.2) is 11.5 Å². The number of carbonyl (C=O) groups excluding carboxylic acids is 1. The molecule has 0 aliphatic carbocycles. The zero-order valence-corrected chi connectivity index (χ0v) is 21.8. The number of fused-ring (bicyclic) bond motifs is 1. The maximum atomic E-state index is 13.6. The first-order valence-electron chi connectivity index (χ1n) is 11.2. The quantitative estimate of drug-likeness (QED) is 0.278. The number of ether oxygens (including phenoxy) is 2. The number of nitrogens with one attached hydrogen (secondary N) is 1. The molecular weight excluding hydrogens is 521 g/mol. The smallest absolute Gasteiger partial charge is 0.273 e. The molecule has 1 N–H and O–H groups in total. The number of halogens is 3. The zero-order valence-electron chi connectivity index (χ0n) is 19.5. The molecule has 1 amide bonds. The number of benzene rings is 3. The lowest BCUT2D eigenvalue weighted by atomic mass is 9.96. The van der Waals surface area contributed by atoms with E-state index in [1.54, 1.807) is 38.5 Å². The van der Waals surface area contributed by atoms with Crippen molar-refractivity contribution in [2.75, 3.05) is 20.8 Å². The van der Waals surface area contributed by atoms with Crippen LogP contribution in [0, 0.1) is 0 Å². The lowest BCUT2D eigenvalue weighted by molar-refractivity contribution is 0.0746.